The number of nitrogens with zero attached hydrogens (tertiary/aromatic N) is 2. The Labute approximate surface area is 218 Å². The third-order valence-corrected chi connectivity index (χ3v) is 11.2. The zero-order valence-corrected chi connectivity index (χ0v) is 22.9. The average Bonchev–Trinajstić information content (AvgIpc) is 2.81. The highest BCUT2D eigenvalue weighted by Gasteiger charge is 2.49. The van der Waals surface area contributed by atoms with Crippen LogP contribution in [0.2, 0.25) is 0 Å². The Morgan fingerprint density at radius 1 is 0.865 bits per heavy atom. The summed E-state index contributed by atoms with van der Waals surface area (Å²) in [6.07, 6.45) is 2.54. The molecule has 0 spiro atoms. The largest absolute Gasteiger partial charge is 0.522 e. The summed E-state index contributed by atoms with van der Waals surface area (Å²) in [5.41, 5.74) is 0. The van der Waals surface area contributed by atoms with Crippen molar-refractivity contribution in [3.05, 3.63) is 0 Å². The summed E-state index contributed by atoms with van der Waals surface area (Å²) in [4.78, 5) is 30.2. The van der Waals surface area contributed by atoms with E-state index >= 15 is 0 Å². The smallest absolute Gasteiger partial charge is 0.335 e. The molecule has 7 nitrogen and oxygen atoms in total. The Hall–Kier alpha value is -1.36. The Morgan fingerprint density at radius 3 is 2.00 bits per heavy atom. The molecule has 1 saturated heterocycles. The van der Waals surface area contributed by atoms with Crippen molar-refractivity contribution >= 4 is 21.7 Å². The Balaban J connectivity index is 1.45. The lowest BCUT2D eigenvalue weighted by atomic mass is 9.69. The molecule has 4 fully saturated rings. The second kappa shape index (κ2) is 11.0. The second-order valence-corrected chi connectivity index (χ2v) is 14.2. The van der Waals surface area contributed by atoms with Gasteiger partial charge in [0.2, 0.25) is 11.8 Å². The zero-order valence-electron chi connectivity index (χ0n) is 22.1. The Kier molecular flexibility index (Phi) is 8.53. The van der Waals surface area contributed by atoms with E-state index in [0.29, 0.717) is 44.1 Å². The van der Waals surface area contributed by atoms with Gasteiger partial charge in [0, 0.05) is 31.7 Å². The van der Waals surface area contributed by atoms with E-state index in [9.17, 15) is 31.2 Å². The lowest BCUT2D eigenvalue weighted by Gasteiger charge is -2.55. The first kappa shape index (κ1) is 28.6. The molecule has 0 radical (unpaired) electrons. The van der Waals surface area contributed by atoms with Crippen LogP contribution in [0.5, 0.6) is 0 Å². The van der Waals surface area contributed by atoms with Gasteiger partial charge in [-0.25, -0.2) is 8.42 Å². The molecular weight excluding hydrogens is 509 g/mol. The molecule has 4 rings (SSSR count). The highest BCUT2D eigenvalue weighted by Crippen LogP contribution is 2.44. The van der Waals surface area contributed by atoms with Crippen molar-refractivity contribution in [2.75, 3.05) is 12.8 Å². The van der Waals surface area contributed by atoms with Gasteiger partial charge in [0.05, 0.1) is 23.4 Å². The van der Waals surface area contributed by atoms with E-state index in [1.165, 1.54) is 6.26 Å². The first-order valence-corrected chi connectivity index (χ1v) is 15.7. The van der Waals surface area contributed by atoms with Gasteiger partial charge in [-0.3, -0.25) is 14.3 Å². The van der Waals surface area contributed by atoms with Crippen LogP contribution in [-0.2, 0) is 24.2 Å². The molecule has 0 aromatic carbocycles. The molecule has 37 heavy (non-hydrogen) atoms. The summed E-state index contributed by atoms with van der Waals surface area (Å²) >= 11 is 0. The molecule has 3 unspecified atom stereocenters. The number of alkyl halides is 3. The van der Waals surface area contributed by atoms with Gasteiger partial charge in [0.1, 0.15) is 9.84 Å². The minimum atomic E-state index is -4.66. The predicted molar refractivity (Wildman–Crippen MR) is 132 cm³/mol. The molecule has 0 aromatic rings. The number of carbonyl (C=O) groups excluding carboxylic acids is 2. The van der Waals surface area contributed by atoms with Gasteiger partial charge in [-0.15, -0.1) is 13.2 Å². The Morgan fingerprint density at radius 2 is 1.46 bits per heavy atom. The van der Waals surface area contributed by atoms with Crippen LogP contribution in [0.25, 0.3) is 0 Å². The lowest BCUT2D eigenvalue weighted by molar-refractivity contribution is -0.345. The summed E-state index contributed by atoms with van der Waals surface area (Å²) < 4.78 is 66.1. The zero-order chi connectivity index (χ0) is 27.1. The van der Waals surface area contributed by atoms with E-state index < -0.39 is 22.3 Å². The number of hydrogen-bond acceptors (Lipinski definition) is 5. The number of sulfone groups is 1. The third-order valence-electron chi connectivity index (χ3n) is 9.48. The van der Waals surface area contributed by atoms with Crippen LogP contribution >= 0.6 is 0 Å². The molecule has 3 saturated carbocycles. The maximum absolute atomic E-state index is 13.8. The number of halogens is 3. The van der Waals surface area contributed by atoms with Gasteiger partial charge in [-0.1, -0.05) is 0 Å². The predicted octanol–water partition coefficient (Wildman–Crippen LogP) is 4.30. The number of fused-ring (bicyclic) bond motifs is 1. The molecule has 0 N–H and O–H groups in total. The second-order valence-electron chi connectivity index (χ2n) is 11.9. The minimum Gasteiger partial charge on any atom is -0.335 e. The Bertz CT molecular complexity index is 942. The number of amides is 2. The van der Waals surface area contributed by atoms with Gasteiger partial charge in [-0.2, -0.15) is 0 Å². The van der Waals surface area contributed by atoms with Gasteiger partial charge >= 0.3 is 6.36 Å². The van der Waals surface area contributed by atoms with Crippen molar-refractivity contribution in [2.45, 2.75) is 120 Å². The summed E-state index contributed by atoms with van der Waals surface area (Å²) in [6, 6.07) is -0.281. The number of piperazine rings is 1. The highest BCUT2D eigenvalue weighted by atomic mass is 32.2. The van der Waals surface area contributed by atoms with Crippen LogP contribution in [0.3, 0.4) is 0 Å². The number of rotatable bonds is 4. The number of ether oxygens (including phenoxy) is 1. The van der Waals surface area contributed by atoms with Crippen LogP contribution in [0.15, 0.2) is 0 Å². The maximum atomic E-state index is 13.8. The van der Waals surface area contributed by atoms with Gasteiger partial charge < -0.3 is 9.80 Å². The molecule has 1 aliphatic heterocycles. The molecule has 3 aliphatic carbocycles. The maximum Gasteiger partial charge on any atom is 0.522 e. The van der Waals surface area contributed by atoms with Gasteiger partial charge in [-0.05, 0) is 89.4 Å². The molecule has 1 heterocycles. The molecule has 4 aliphatic rings. The molecule has 0 aromatic heterocycles. The average molecular weight is 551 g/mol. The van der Waals surface area contributed by atoms with Crippen molar-refractivity contribution in [1.82, 2.24) is 9.80 Å². The fourth-order valence-electron chi connectivity index (χ4n) is 7.72. The van der Waals surface area contributed by atoms with Crippen LogP contribution in [0, 0.1) is 17.8 Å². The van der Waals surface area contributed by atoms with Gasteiger partial charge in [0.15, 0.2) is 0 Å². The van der Waals surface area contributed by atoms with Crippen molar-refractivity contribution in [3.8, 4) is 0 Å². The first-order chi connectivity index (χ1) is 17.2. The fourth-order valence-corrected chi connectivity index (χ4v) is 8.85. The van der Waals surface area contributed by atoms with E-state index in [1.54, 1.807) is 6.92 Å². The molecule has 2 amide bonds. The molecule has 0 bridgehead atoms. The van der Waals surface area contributed by atoms with Crippen molar-refractivity contribution in [1.29, 1.82) is 0 Å². The standard InChI is InChI=1S/C26H41F3N2O5S/c1-16-15-30(25(33)19-4-9-21(10-5-19)36-26(27,28)29)24-14-20(8-13-23(24)31(16)17(2)32)18-6-11-22(12-7-18)37(3,34)35/h16,18-24H,4-15H2,1-3H3/t16-,18?,19?,20?,21?,22?,23?,24?/m0/s1. The van der Waals surface area contributed by atoms with Crippen molar-refractivity contribution < 1.29 is 35.9 Å². The number of hydrogen-bond donors (Lipinski definition) is 0. The van der Waals surface area contributed by atoms with Crippen LogP contribution < -0.4 is 0 Å². The van der Waals surface area contributed by atoms with E-state index in [0.717, 1.165) is 32.1 Å². The molecular formula is C26H41F3N2O5S. The van der Waals surface area contributed by atoms with E-state index in [1.807, 2.05) is 16.7 Å². The lowest BCUT2D eigenvalue weighted by Crippen LogP contribution is -2.67. The summed E-state index contributed by atoms with van der Waals surface area (Å²) in [5.74, 6) is 0.463. The normalized spacial score (nSPS) is 37.7. The van der Waals surface area contributed by atoms with Crippen LogP contribution in [0.1, 0.15) is 84.5 Å². The molecule has 11 heteroatoms. The van der Waals surface area contributed by atoms with Crippen molar-refractivity contribution in [3.63, 3.8) is 0 Å². The highest BCUT2D eigenvalue weighted by molar-refractivity contribution is 7.91. The summed E-state index contributed by atoms with van der Waals surface area (Å²) in [6.45, 7) is 3.97. The SMILES string of the molecule is CC(=O)N1C2CCC(C3CCC(S(C)(=O)=O)CC3)CC2N(C(=O)C2CCC(OC(F)(F)F)CC2)C[C@@H]1C. The van der Waals surface area contributed by atoms with Crippen LogP contribution in [0.4, 0.5) is 13.2 Å². The van der Waals surface area contributed by atoms with Crippen molar-refractivity contribution in [2.24, 2.45) is 17.8 Å². The van der Waals surface area contributed by atoms with E-state index in [4.69, 9.17) is 0 Å². The van der Waals surface area contributed by atoms with Gasteiger partial charge in [0.25, 0.3) is 0 Å². The summed E-state index contributed by atoms with van der Waals surface area (Å²) in [7, 11) is -3.04. The third kappa shape index (κ3) is 6.62. The fraction of sp³-hybridized carbons (Fsp3) is 0.923. The van der Waals surface area contributed by atoms with Crippen LogP contribution in [-0.4, -0.2) is 78.7 Å². The molecule has 212 valence electrons. The monoisotopic (exact) mass is 550 g/mol. The van der Waals surface area contributed by atoms with E-state index in [2.05, 4.69) is 4.74 Å². The molecule has 4 atom stereocenters. The minimum absolute atomic E-state index is 0.00283. The summed E-state index contributed by atoms with van der Waals surface area (Å²) in [5, 5.41) is -0.265. The first-order valence-electron chi connectivity index (χ1n) is 13.8. The quantitative estimate of drug-likeness (QED) is 0.521. The topological polar surface area (TPSA) is 84.0 Å². The number of carbonyl (C=O) groups is 2. The van der Waals surface area contributed by atoms with E-state index in [-0.39, 0.29) is 53.9 Å².